The molecule has 3 nitrogen and oxygen atoms in total. The molecule has 1 unspecified atom stereocenters. The van der Waals surface area contributed by atoms with Crippen molar-refractivity contribution in [3.63, 3.8) is 0 Å². The van der Waals surface area contributed by atoms with Gasteiger partial charge in [-0.1, -0.05) is 19.9 Å². The predicted octanol–water partition coefficient (Wildman–Crippen LogP) is 2.06. The Morgan fingerprint density at radius 1 is 1.33 bits per heavy atom. The molecule has 1 atom stereocenters. The highest BCUT2D eigenvalue weighted by atomic mass is 32.2. The van der Waals surface area contributed by atoms with Gasteiger partial charge in [-0.15, -0.1) is 0 Å². The number of aromatic nitrogens is 1. The Balaban J connectivity index is 2.10. The smallest absolute Gasteiger partial charge is 0.0757 e. The number of pyridine rings is 1. The fraction of sp³-hybridized carbons (Fsp3) is 0.643. The number of hydrogen-bond donors (Lipinski definition) is 1. The molecule has 1 heterocycles. The molecule has 0 amide bonds. The molecule has 0 saturated heterocycles. The van der Waals surface area contributed by atoms with Crippen molar-refractivity contribution in [1.29, 1.82) is 0 Å². The van der Waals surface area contributed by atoms with Crippen molar-refractivity contribution in [3.8, 4) is 0 Å². The quantitative estimate of drug-likeness (QED) is 0.696. The summed E-state index contributed by atoms with van der Waals surface area (Å²) in [6.07, 6.45) is 2.58. The molecule has 1 N–H and O–H groups in total. The lowest BCUT2D eigenvalue weighted by molar-refractivity contribution is 0.137. The van der Waals surface area contributed by atoms with Gasteiger partial charge in [0.05, 0.1) is 6.10 Å². The molecule has 102 valence electrons. The third kappa shape index (κ3) is 6.38. The summed E-state index contributed by atoms with van der Waals surface area (Å²) in [7, 11) is 0. The number of thioether (sulfide) groups is 1. The summed E-state index contributed by atoms with van der Waals surface area (Å²) in [5.41, 5.74) is 1.13. The van der Waals surface area contributed by atoms with E-state index >= 15 is 0 Å². The maximum absolute atomic E-state index is 9.90. The number of hydrogen-bond acceptors (Lipinski definition) is 4. The van der Waals surface area contributed by atoms with Gasteiger partial charge < -0.3 is 10.0 Å². The van der Waals surface area contributed by atoms with E-state index in [9.17, 15) is 5.11 Å². The van der Waals surface area contributed by atoms with Gasteiger partial charge in [0.25, 0.3) is 0 Å². The first-order chi connectivity index (χ1) is 8.76. The van der Waals surface area contributed by atoms with Gasteiger partial charge in [-0.2, -0.15) is 11.8 Å². The second-order valence-corrected chi connectivity index (χ2v) is 5.44. The summed E-state index contributed by atoms with van der Waals surface area (Å²) >= 11 is 1.80. The van der Waals surface area contributed by atoms with Gasteiger partial charge in [0.2, 0.25) is 0 Å². The van der Waals surface area contributed by atoms with Crippen LogP contribution in [0.2, 0.25) is 0 Å². The van der Waals surface area contributed by atoms with Crippen LogP contribution in [0.1, 0.15) is 19.5 Å². The van der Waals surface area contributed by atoms with Crippen molar-refractivity contribution in [2.75, 3.05) is 31.1 Å². The lowest BCUT2D eigenvalue weighted by Gasteiger charge is -2.21. The first kappa shape index (κ1) is 15.5. The van der Waals surface area contributed by atoms with Crippen LogP contribution in [0.15, 0.2) is 24.4 Å². The standard InChI is InChI=1S/C14H24N2OS/c1-3-16(4-2)11-14(17)12-18-10-8-13-7-5-6-9-15-13/h5-7,9,14,17H,3-4,8,10-12H2,1-2H3. The molecule has 1 rings (SSSR count). The molecule has 0 bridgehead atoms. The Hall–Kier alpha value is -0.580. The highest BCUT2D eigenvalue weighted by molar-refractivity contribution is 7.99. The largest absolute Gasteiger partial charge is 0.391 e. The van der Waals surface area contributed by atoms with Gasteiger partial charge in [0.15, 0.2) is 0 Å². The van der Waals surface area contributed by atoms with E-state index in [2.05, 4.69) is 23.7 Å². The highest BCUT2D eigenvalue weighted by Gasteiger charge is 2.08. The van der Waals surface area contributed by atoms with Crippen molar-refractivity contribution >= 4 is 11.8 Å². The monoisotopic (exact) mass is 268 g/mol. The summed E-state index contributed by atoms with van der Waals surface area (Å²) in [4.78, 5) is 6.54. The summed E-state index contributed by atoms with van der Waals surface area (Å²) in [5, 5.41) is 9.90. The minimum atomic E-state index is -0.223. The molecule has 4 heteroatoms. The van der Waals surface area contributed by atoms with Crippen molar-refractivity contribution in [1.82, 2.24) is 9.88 Å². The zero-order chi connectivity index (χ0) is 13.2. The second kappa shape index (κ2) is 9.36. The lowest BCUT2D eigenvalue weighted by Crippen LogP contribution is -2.33. The highest BCUT2D eigenvalue weighted by Crippen LogP contribution is 2.07. The topological polar surface area (TPSA) is 36.4 Å². The van der Waals surface area contributed by atoms with Gasteiger partial charge in [-0.05, 0) is 37.4 Å². The summed E-state index contributed by atoms with van der Waals surface area (Å²) in [5.74, 6) is 1.83. The predicted molar refractivity (Wildman–Crippen MR) is 79.1 cm³/mol. The third-order valence-corrected chi connectivity index (χ3v) is 4.02. The van der Waals surface area contributed by atoms with Gasteiger partial charge in [0.1, 0.15) is 0 Å². The first-order valence-electron chi connectivity index (χ1n) is 6.64. The number of rotatable bonds is 9. The van der Waals surface area contributed by atoms with Gasteiger partial charge in [-0.25, -0.2) is 0 Å². The fourth-order valence-electron chi connectivity index (χ4n) is 1.77. The summed E-state index contributed by atoms with van der Waals surface area (Å²) < 4.78 is 0. The molecular weight excluding hydrogens is 244 g/mol. The maximum atomic E-state index is 9.90. The van der Waals surface area contributed by atoms with E-state index in [4.69, 9.17) is 0 Å². The van der Waals surface area contributed by atoms with Crippen LogP contribution >= 0.6 is 11.8 Å². The molecule has 0 saturated carbocycles. The maximum Gasteiger partial charge on any atom is 0.0757 e. The van der Waals surface area contributed by atoms with E-state index in [1.807, 2.05) is 24.4 Å². The van der Waals surface area contributed by atoms with Gasteiger partial charge >= 0.3 is 0 Å². The number of likely N-dealkylation sites (N-methyl/N-ethyl adjacent to an activating group) is 1. The molecule has 1 aromatic rings. The molecule has 0 aromatic carbocycles. The minimum Gasteiger partial charge on any atom is -0.391 e. The molecule has 0 spiro atoms. The van der Waals surface area contributed by atoms with Crippen molar-refractivity contribution in [3.05, 3.63) is 30.1 Å². The van der Waals surface area contributed by atoms with Crippen LogP contribution in [0.3, 0.4) is 0 Å². The normalized spacial score (nSPS) is 12.9. The van der Waals surface area contributed by atoms with Crippen molar-refractivity contribution < 1.29 is 5.11 Å². The second-order valence-electron chi connectivity index (χ2n) is 4.29. The van der Waals surface area contributed by atoms with Crippen LogP contribution in [-0.2, 0) is 6.42 Å². The lowest BCUT2D eigenvalue weighted by atomic mass is 10.3. The average Bonchev–Trinajstić information content (AvgIpc) is 2.42. The molecule has 1 aromatic heterocycles. The zero-order valence-electron chi connectivity index (χ0n) is 11.4. The van der Waals surface area contributed by atoms with E-state index in [-0.39, 0.29) is 6.10 Å². The Morgan fingerprint density at radius 3 is 2.72 bits per heavy atom. The third-order valence-electron chi connectivity index (χ3n) is 2.90. The molecule has 0 aliphatic rings. The first-order valence-corrected chi connectivity index (χ1v) is 7.79. The van der Waals surface area contributed by atoms with Crippen LogP contribution < -0.4 is 0 Å². The number of nitrogens with zero attached hydrogens (tertiary/aromatic N) is 2. The molecule has 0 aliphatic carbocycles. The van der Waals surface area contributed by atoms with Crippen molar-refractivity contribution in [2.24, 2.45) is 0 Å². The summed E-state index contributed by atoms with van der Waals surface area (Å²) in [6, 6.07) is 6.00. The van der Waals surface area contributed by atoms with Gasteiger partial charge in [0, 0.05) is 24.2 Å². The average molecular weight is 268 g/mol. The van der Waals surface area contributed by atoms with E-state index < -0.39 is 0 Å². The van der Waals surface area contributed by atoms with E-state index in [0.717, 1.165) is 43.3 Å². The van der Waals surface area contributed by atoms with Gasteiger partial charge in [-0.3, -0.25) is 4.98 Å². The van der Waals surface area contributed by atoms with E-state index in [1.54, 1.807) is 11.8 Å². The van der Waals surface area contributed by atoms with Crippen LogP contribution in [0.25, 0.3) is 0 Å². The Kier molecular flexibility index (Phi) is 8.05. The Morgan fingerprint density at radius 2 is 2.11 bits per heavy atom. The Labute approximate surface area is 115 Å². The van der Waals surface area contributed by atoms with Crippen LogP contribution in [0.5, 0.6) is 0 Å². The summed E-state index contributed by atoms with van der Waals surface area (Å²) in [6.45, 7) is 7.05. The Bertz CT molecular complexity index is 304. The van der Waals surface area contributed by atoms with Crippen molar-refractivity contribution in [2.45, 2.75) is 26.4 Å². The minimum absolute atomic E-state index is 0.223. The molecular formula is C14H24N2OS. The van der Waals surface area contributed by atoms with Crippen LogP contribution in [-0.4, -0.2) is 52.2 Å². The molecule has 0 radical (unpaired) electrons. The van der Waals surface area contributed by atoms with E-state index in [1.165, 1.54) is 0 Å². The number of aliphatic hydroxyl groups is 1. The molecule has 0 aliphatic heterocycles. The number of aliphatic hydroxyl groups excluding tert-OH is 1. The molecule has 18 heavy (non-hydrogen) atoms. The van der Waals surface area contributed by atoms with E-state index in [0.29, 0.717) is 0 Å². The SMILES string of the molecule is CCN(CC)CC(O)CSCCc1ccccn1. The van der Waals surface area contributed by atoms with Crippen LogP contribution in [0.4, 0.5) is 0 Å². The number of aryl methyl sites for hydroxylation is 1. The fourth-order valence-corrected chi connectivity index (χ4v) is 2.67. The molecule has 0 fully saturated rings. The van der Waals surface area contributed by atoms with Crippen LogP contribution in [0, 0.1) is 0 Å². The zero-order valence-corrected chi connectivity index (χ0v) is 12.2.